The molecule has 0 fully saturated rings. The van der Waals surface area contributed by atoms with Crippen LogP contribution in [0, 0.1) is 18.3 Å². The number of anilines is 1. The molecule has 0 aliphatic heterocycles. The van der Waals surface area contributed by atoms with Gasteiger partial charge in [-0.05, 0) is 64.3 Å². The Morgan fingerprint density at radius 2 is 2.09 bits per heavy atom. The highest BCUT2D eigenvalue weighted by Gasteiger charge is 2.10. The fourth-order valence-corrected chi connectivity index (χ4v) is 2.57. The number of hydrogen-bond donors (Lipinski definition) is 1. The van der Waals surface area contributed by atoms with Gasteiger partial charge in [-0.2, -0.15) is 5.26 Å². The number of nitrogens with one attached hydrogen (secondary N) is 1. The fourth-order valence-electron chi connectivity index (χ4n) is 2.01. The maximum atomic E-state index is 12.2. The second-order valence-electron chi connectivity index (χ2n) is 4.89. The molecule has 2 aromatic carbocycles. The van der Waals surface area contributed by atoms with E-state index in [-0.39, 0.29) is 5.57 Å². The highest BCUT2D eigenvalue weighted by molar-refractivity contribution is 9.10. The molecule has 5 heteroatoms. The molecule has 0 spiro atoms. The molecule has 0 aromatic heterocycles. The molecule has 0 heterocycles. The Bertz CT molecular complexity index is 807. The van der Waals surface area contributed by atoms with E-state index >= 15 is 0 Å². The second kappa shape index (κ2) is 7.61. The van der Waals surface area contributed by atoms with Crippen molar-refractivity contribution >= 4 is 33.6 Å². The van der Waals surface area contributed by atoms with Crippen molar-refractivity contribution in [3.63, 3.8) is 0 Å². The van der Waals surface area contributed by atoms with Crippen LogP contribution in [0.3, 0.4) is 0 Å². The average molecular weight is 371 g/mol. The van der Waals surface area contributed by atoms with Crippen molar-refractivity contribution in [1.82, 2.24) is 0 Å². The molecular formula is C18H15BrN2O2. The number of methoxy groups -OCH3 is 1. The standard InChI is InChI=1S/C18H15BrN2O2/c1-12-4-3-5-15(8-12)21-18(22)14(11-20)9-13-6-7-17(23-2)16(19)10-13/h3-10H,1-2H3,(H,21,22)/b14-9-. The number of aryl methyl sites for hydroxylation is 1. The average Bonchev–Trinajstić information content (AvgIpc) is 2.52. The van der Waals surface area contributed by atoms with Crippen molar-refractivity contribution in [2.24, 2.45) is 0 Å². The zero-order valence-electron chi connectivity index (χ0n) is 12.8. The molecule has 0 bridgehead atoms. The van der Waals surface area contributed by atoms with E-state index < -0.39 is 5.91 Å². The van der Waals surface area contributed by atoms with Gasteiger partial charge in [0.05, 0.1) is 11.6 Å². The van der Waals surface area contributed by atoms with Gasteiger partial charge in [-0.3, -0.25) is 4.79 Å². The van der Waals surface area contributed by atoms with E-state index in [0.717, 1.165) is 15.6 Å². The lowest BCUT2D eigenvalue weighted by molar-refractivity contribution is -0.112. The molecule has 1 amide bonds. The Hall–Kier alpha value is -2.58. The van der Waals surface area contributed by atoms with E-state index in [1.807, 2.05) is 31.2 Å². The summed E-state index contributed by atoms with van der Waals surface area (Å²) in [7, 11) is 1.58. The minimum absolute atomic E-state index is 0.0311. The van der Waals surface area contributed by atoms with Gasteiger partial charge in [0, 0.05) is 5.69 Å². The summed E-state index contributed by atoms with van der Waals surface area (Å²) in [5, 5.41) is 12.0. The summed E-state index contributed by atoms with van der Waals surface area (Å²) < 4.78 is 5.91. The maximum Gasteiger partial charge on any atom is 0.266 e. The van der Waals surface area contributed by atoms with E-state index in [1.54, 1.807) is 31.4 Å². The predicted octanol–water partition coefficient (Wildman–Crippen LogP) is 4.31. The number of carbonyl (C=O) groups excluding carboxylic acids is 1. The third-order valence-corrected chi connectivity index (χ3v) is 3.75. The molecular weight excluding hydrogens is 356 g/mol. The Balaban J connectivity index is 2.23. The van der Waals surface area contributed by atoms with Crippen molar-refractivity contribution in [3.8, 4) is 11.8 Å². The maximum absolute atomic E-state index is 12.2. The SMILES string of the molecule is COc1ccc(/C=C(/C#N)C(=O)Nc2cccc(C)c2)cc1Br. The molecule has 1 N–H and O–H groups in total. The number of amides is 1. The van der Waals surface area contributed by atoms with Gasteiger partial charge in [-0.1, -0.05) is 18.2 Å². The molecule has 0 aliphatic carbocycles. The van der Waals surface area contributed by atoms with Gasteiger partial charge in [0.15, 0.2) is 0 Å². The van der Waals surface area contributed by atoms with E-state index in [1.165, 1.54) is 6.08 Å². The first-order valence-corrected chi connectivity index (χ1v) is 7.66. The topological polar surface area (TPSA) is 62.1 Å². The van der Waals surface area contributed by atoms with Crippen LogP contribution in [0.25, 0.3) is 6.08 Å². The molecule has 23 heavy (non-hydrogen) atoms. The Morgan fingerprint density at radius 3 is 2.70 bits per heavy atom. The fraction of sp³-hybridized carbons (Fsp3) is 0.111. The molecule has 0 radical (unpaired) electrons. The van der Waals surface area contributed by atoms with Crippen LogP contribution in [0.2, 0.25) is 0 Å². The number of hydrogen-bond acceptors (Lipinski definition) is 3. The van der Waals surface area contributed by atoms with Crippen molar-refractivity contribution in [2.75, 3.05) is 12.4 Å². The van der Waals surface area contributed by atoms with Crippen LogP contribution < -0.4 is 10.1 Å². The van der Waals surface area contributed by atoms with Gasteiger partial charge in [-0.25, -0.2) is 0 Å². The molecule has 2 rings (SSSR count). The van der Waals surface area contributed by atoms with Crippen LogP contribution in [-0.2, 0) is 4.79 Å². The summed E-state index contributed by atoms with van der Waals surface area (Å²) in [6.07, 6.45) is 1.54. The summed E-state index contributed by atoms with van der Waals surface area (Å²) in [6, 6.07) is 14.7. The number of nitriles is 1. The number of rotatable bonds is 4. The summed E-state index contributed by atoms with van der Waals surface area (Å²) in [5.41, 5.74) is 2.45. The zero-order valence-corrected chi connectivity index (χ0v) is 14.3. The van der Waals surface area contributed by atoms with Crippen molar-refractivity contribution in [2.45, 2.75) is 6.92 Å². The minimum atomic E-state index is -0.440. The van der Waals surface area contributed by atoms with Crippen LogP contribution in [-0.4, -0.2) is 13.0 Å². The Morgan fingerprint density at radius 1 is 1.30 bits per heavy atom. The first-order chi connectivity index (χ1) is 11.0. The van der Waals surface area contributed by atoms with Crippen LogP contribution in [0.4, 0.5) is 5.69 Å². The van der Waals surface area contributed by atoms with Crippen molar-refractivity contribution in [3.05, 3.63) is 63.6 Å². The summed E-state index contributed by atoms with van der Waals surface area (Å²) >= 11 is 3.38. The van der Waals surface area contributed by atoms with Gasteiger partial charge in [0.1, 0.15) is 17.4 Å². The molecule has 4 nitrogen and oxygen atoms in total. The lowest BCUT2D eigenvalue weighted by atomic mass is 10.1. The summed E-state index contributed by atoms with van der Waals surface area (Å²) in [4.78, 5) is 12.2. The van der Waals surface area contributed by atoms with Crippen LogP contribution >= 0.6 is 15.9 Å². The summed E-state index contributed by atoms with van der Waals surface area (Å²) in [6.45, 7) is 1.94. The number of ether oxygens (including phenoxy) is 1. The van der Waals surface area contributed by atoms with E-state index in [0.29, 0.717) is 11.4 Å². The highest BCUT2D eigenvalue weighted by Crippen LogP contribution is 2.26. The summed E-state index contributed by atoms with van der Waals surface area (Å²) in [5.74, 6) is 0.245. The number of carbonyl (C=O) groups is 1. The third-order valence-electron chi connectivity index (χ3n) is 3.13. The highest BCUT2D eigenvalue weighted by atomic mass is 79.9. The molecule has 0 saturated carbocycles. The van der Waals surface area contributed by atoms with Gasteiger partial charge >= 0.3 is 0 Å². The van der Waals surface area contributed by atoms with Crippen LogP contribution in [0.15, 0.2) is 52.5 Å². The van der Waals surface area contributed by atoms with Crippen molar-refractivity contribution < 1.29 is 9.53 Å². The van der Waals surface area contributed by atoms with Crippen molar-refractivity contribution in [1.29, 1.82) is 5.26 Å². The molecule has 0 saturated heterocycles. The minimum Gasteiger partial charge on any atom is -0.496 e. The molecule has 116 valence electrons. The van der Waals surface area contributed by atoms with Crippen LogP contribution in [0.1, 0.15) is 11.1 Å². The number of halogens is 1. The molecule has 0 aliphatic rings. The van der Waals surface area contributed by atoms with Gasteiger partial charge in [-0.15, -0.1) is 0 Å². The second-order valence-corrected chi connectivity index (χ2v) is 5.74. The monoisotopic (exact) mass is 370 g/mol. The van der Waals surface area contributed by atoms with Gasteiger partial charge in [0.2, 0.25) is 0 Å². The largest absolute Gasteiger partial charge is 0.496 e. The molecule has 2 aromatic rings. The number of nitrogens with zero attached hydrogens (tertiary/aromatic N) is 1. The number of benzene rings is 2. The van der Waals surface area contributed by atoms with E-state index in [2.05, 4.69) is 21.2 Å². The van der Waals surface area contributed by atoms with Gasteiger partial charge < -0.3 is 10.1 Å². The van der Waals surface area contributed by atoms with E-state index in [9.17, 15) is 10.1 Å². The zero-order chi connectivity index (χ0) is 16.8. The Kier molecular flexibility index (Phi) is 5.56. The first kappa shape index (κ1) is 16.8. The predicted molar refractivity (Wildman–Crippen MR) is 94.1 cm³/mol. The molecule has 0 unspecified atom stereocenters. The van der Waals surface area contributed by atoms with Crippen LogP contribution in [0.5, 0.6) is 5.75 Å². The Labute approximate surface area is 143 Å². The van der Waals surface area contributed by atoms with Gasteiger partial charge in [0.25, 0.3) is 5.91 Å². The molecule has 0 atom stereocenters. The first-order valence-electron chi connectivity index (χ1n) is 6.87. The third kappa shape index (κ3) is 4.44. The normalized spacial score (nSPS) is 10.8. The smallest absolute Gasteiger partial charge is 0.266 e. The lowest BCUT2D eigenvalue weighted by Gasteiger charge is -2.06. The lowest BCUT2D eigenvalue weighted by Crippen LogP contribution is -2.13. The quantitative estimate of drug-likeness (QED) is 0.644. The van der Waals surface area contributed by atoms with E-state index in [4.69, 9.17) is 4.74 Å².